The van der Waals surface area contributed by atoms with Crippen LogP contribution in [0.15, 0.2) is 163 Å². The molecular formula is C42H40O. The fourth-order valence-electron chi connectivity index (χ4n) is 8.11. The van der Waals surface area contributed by atoms with Gasteiger partial charge in [-0.2, -0.15) is 0 Å². The van der Waals surface area contributed by atoms with Gasteiger partial charge in [0.15, 0.2) is 0 Å². The maximum absolute atomic E-state index is 12.2. The second-order valence-electron chi connectivity index (χ2n) is 12.7. The molecule has 0 fully saturated rings. The van der Waals surface area contributed by atoms with E-state index in [9.17, 15) is 5.11 Å². The lowest BCUT2D eigenvalue weighted by Crippen LogP contribution is -2.58. The minimum atomic E-state index is -0.581. The monoisotopic (exact) mass is 560 g/mol. The Bertz CT molecular complexity index is 1680. The number of rotatable bonds is 7. The van der Waals surface area contributed by atoms with E-state index in [0.29, 0.717) is 5.76 Å². The van der Waals surface area contributed by atoms with Gasteiger partial charge in [-0.1, -0.05) is 179 Å². The second-order valence-corrected chi connectivity index (χ2v) is 12.7. The summed E-state index contributed by atoms with van der Waals surface area (Å²) < 4.78 is 0. The van der Waals surface area contributed by atoms with Crippen molar-refractivity contribution in [1.82, 2.24) is 0 Å². The van der Waals surface area contributed by atoms with Gasteiger partial charge in [-0.15, -0.1) is 0 Å². The predicted octanol–water partition coefficient (Wildman–Crippen LogP) is 10.8. The molecule has 1 unspecified atom stereocenters. The molecular weight excluding hydrogens is 520 g/mol. The summed E-state index contributed by atoms with van der Waals surface area (Å²) >= 11 is 0. The van der Waals surface area contributed by atoms with E-state index >= 15 is 0 Å². The third kappa shape index (κ3) is 4.55. The first-order valence-electron chi connectivity index (χ1n) is 15.2. The van der Waals surface area contributed by atoms with Gasteiger partial charge in [-0.25, -0.2) is 0 Å². The summed E-state index contributed by atoms with van der Waals surface area (Å²) in [6.07, 6.45) is 2.08. The molecule has 0 heterocycles. The van der Waals surface area contributed by atoms with Crippen molar-refractivity contribution in [3.8, 4) is 0 Å². The highest BCUT2D eigenvalue weighted by Crippen LogP contribution is 2.71. The van der Waals surface area contributed by atoms with Crippen LogP contribution in [-0.4, -0.2) is 5.11 Å². The van der Waals surface area contributed by atoms with E-state index in [1.165, 1.54) is 16.7 Å². The predicted molar refractivity (Wildman–Crippen MR) is 181 cm³/mol. The molecule has 0 radical (unpaired) electrons. The van der Waals surface area contributed by atoms with Crippen LogP contribution in [0.5, 0.6) is 0 Å². The average molecular weight is 561 g/mol. The molecule has 1 N–H and O–H groups in total. The minimum absolute atomic E-state index is 0.193. The summed E-state index contributed by atoms with van der Waals surface area (Å²) in [6.45, 7) is 9.63. The second kappa shape index (κ2) is 11.2. The zero-order valence-corrected chi connectivity index (χ0v) is 25.5. The lowest BCUT2D eigenvalue weighted by molar-refractivity contribution is 0.0982. The van der Waals surface area contributed by atoms with Gasteiger partial charge in [0.25, 0.3) is 0 Å². The standard InChI is InChI=1S/C42H40O/c1-40(2,34-26-16-8-17-27-34)42(41(3,4)35-28-18-9-19-29-35)36(31-20-10-5-11-21-31)30-37(43)38(32-22-12-6-13-23-32)39(42)33-24-14-7-15-25-33/h5-30,39,43H,1-4H3. The van der Waals surface area contributed by atoms with Crippen LogP contribution in [-0.2, 0) is 10.8 Å². The summed E-state index contributed by atoms with van der Waals surface area (Å²) in [4.78, 5) is 0. The van der Waals surface area contributed by atoms with Crippen molar-refractivity contribution in [2.75, 3.05) is 0 Å². The van der Waals surface area contributed by atoms with Crippen LogP contribution in [0.3, 0.4) is 0 Å². The van der Waals surface area contributed by atoms with Crippen molar-refractivity contribution in [2.45, 2.75) is 44.4 Å². The maximum Gasteiger partial charge on any atom is 0.120 e. The summed E-state index contributed by atoms with van der Waals surface area (Å²) in [5.41, 5.74) is 6.54. The third-order valence-electron chi connectivity index (χ3n) is 9.97. The molecule has 0 amide bonds. The summed E-state index contributed by atoms with van der Waals surface area (Å²) in [7, 11) is 0. The number of benzene rings is 5. The van der Waals surface area contributed by atoms with Gasteiger partial charge in [-0.05, 0) is 39.5 Å². The molecule has 1 heteroatoms. The molecule has 1 aliphatic rings. The van der Waals surface area contributed by atoms with Gasteiger partial charge in [0.05, 0.1) is 0 Å². The van der Waals surface area contributed by atoms with Gasteiger partial charge in [-0.3, -0.25) is 0 Å². The van der Waals surface area contributed by atoms with E-state index in [-0.39, 0.29) is 5.92 Å². The molecule has 1 aliphatic carbocycles. The molecule has 43 heavy (non-hydrogen) atoms. The number of aliphatic hydroxyl groups excluding tert-OH is 1. The van der Waals surface area contributed by atoms with Crippen molar-refractivity contribution < 1.29 is 5.11 Å². The number of allylic oxidation sites excluding steroid dienone is 3. The lowest BCUT2D eigenvalue weighted by atomic mass is 9.39. The number of hydrogen-bond donors (Lipinski definition) is 1. The normalized spacial score (nSPS) is 16.9. The van der Waals surface area contributed by atoms with Gasteiger partial charge in [0.2, 0.25) is 0 Å². The van der Waals surface area contributed by atoms with Crippen molar-refractivity contribution in [2.24, 2.45) is 5.41 Å². The Morgan fingerprint density at radius 3 is 1.30 bits per heavy atom. The van der Waals surface area contributed by atoms with Crippen molar-refractivity contribution in [3.63, 3.8) is 0 Å². The third-order valence-corrected chi connectivity index (χ3v) is 9.97. The van der Waals surface area contributed by atoms with Crippen LogP contribution < -0.4 is 0 Å². The molecule has 0 aromatic heterocycles. The fraction of sp³-hybridized carbons (Fsp3) is 0.190. The quantitative estimate of drug-likeness (QED) is 0.210. The summed E-state index contributed by atoms with van der Waals surface area (Å²) in [6, 6.07) is 53.9. The van der Waals surface area contributed by atoms with Crippen LogP contribution in [0.4, 0.5) is 0 Å². The average Bonchev–Trinajstić information content (AvgIpc) is 3.06. The molecule has 6 rings (SSSR count). The van der Waals surface area contributed by atoms with E-state index in [0.717, 1.165) is 22.3 Å². The first kappa shape index (κ1) is 28.5. The highest BCUT2D eigenvalue weighted by Gasteiger charge is 2.64. The van der Waals surface area contributed by atoms with E-state index in [1.54, 1.807) is 0 Å². The molecule has 0 saturated heterocycles. The molecule has 0 aliphatic heterocycles. The molecule has 214 valence electrons. The number of aliphatic hydroxyl groups is 1. The largest absolute Gasteiger partial charge is 0.508 e. The molecule has 5 aromatic carbocycles. The Hall–Kier alpha value is -4.62. The van der Waals surface area contributed by atoms with E-state index in [4.69, 9.17) is 0 Å². The van der Waals surface area contributed by atoms with E-state index in [1.807, 2.05) is 6.07 Å². The first-order chi connectivity index (χ1) is 20.8. The number of hydrogen-bond acceptors (Lipinski definition) is 1. The molecule has 1 nitrogen and oxygen atoms in total. The van der Waals surface area contributed by atoms with Crippen LogP contribution in [0.2, 0.25) is 0 Å². The van der Waals surface area contributed by atoms with Crippen LogP contribution in [0.1, 0.15) is 61.4 Å². The molecule has 0 saturated carbocycles. The smallest absolute Gasteiger partial charge is 0.120 e. The summed E-state index contributed by atoms with van der Waals surface area (Å²) in [5.74, 6) is 0.129. The Balaban J connectivity index is 1.85. The lowest BCUT2D eigenvalue weighted by Gasteiger charge is -2.63. The maximum atomic E-state index is 12.2. The minimum Gasteiger partial charge on any atom is -0.508 e. The fourth-order valence-corrected chi connectivity index (χ4v) is 8.11. The highest BCUT2D eigenvalue weighted by atomic mass is 16.3. The molecule has 0 bridgehead atoms. The van der Waals surface area contributed by atoms with Crippen molar-refractivity contribution in [1.29, 1.82) is 0 Å². The first-order valence-corrected chi connectivity index (χ1v) is 15.2. The highest BCUT2D eigenvalue weighted by molar-refractivity contribution is 5.90. The van der Waals surface area contributed by atoms with Crippen molar-refractivity contribution >= 4 is 11.1 Å². The van der Waals surface area contributed by atoms with Crippen molar-refractivity contribution in [3.05, 3.63) is 191 Å². The summed E-state index contributed by atoms with van der Waals surface area (Å²) in [5, 5.41) is 12.2. The van der Waals surface area contributed by atoms with E-state index < -0.39 is 16.2 Å². The van der Waals surface area contributed by atoms with Gasteiger partial charge in [0, 0.05) is 27.7 Å². The molecule has 5 aromatic rings. The van der Waals surface area contributed by atoms with Gasteiger partial charge in [0.1, 0.15) is 5.76 Å². The molecule has 0 spiro atoms. The Morgan fingerprint density at radius 2 is 0.860 bits per heavy atom. The Kier molecular flexibility index (Phi) is 7.44. The Morgan fingerprint density at radius 1 is 0.488 bits per heavy atom. The van der Waals surface area contributed by atoms with E-state index in [2.05, 4.69) is 179 Å². The Labute approximate surface area is 256 Å². The van der Waals surface area contributed by atoms with Gasteiger partial charge < -0.3 is 5.11 Å². The topological polar surface area (TPSA) is 20.2 Å². The zero-order valence-electron chi connectivity index (χ0n) is 25.5. The SMILES string of the molecule is CC(C)(c1ccccc1)C1(C(C)(C)c2ccccc2)C(c2ccccc2)=CC(O)=C(c2ccccc2)C1c1ccccc1. The van der Waals surface area contributed by atoms with Crippen LogP contribution in [0.25, 0.3) is 11.1 Å². The van der Waals surface area contributed by atoms with Gasteiger partial charge >= 0.3 is 0 Å². The molecule has 1 atom stereocenters. The zero-order chi connectivity index (χ0) is 30.1. The van der Waals surface area contributed by atoms with Crippen LogP contribution in [0, 0.1) is 5.41 Å². The van der Waals surface area contributed by atoms with Crippen LogP contribution >= 0.6 is 0 Å².